The molecule has 0 N–H and O–H groups in total. The number of fused-ring (bicyclic) bond motifs is 4. The molecule has 0 fully saturated rings. The highest BCUT2D eigenvalue weighted by Gasteiger charge is 2.22. The van der Waals surface area contributed by atoms with Crippen LogP contribution in [0.2, 0.25) is 0 Å². The second-order valence-electron chi connectivity index (χ2n) is 17.2. The Morgan fingerprint density at radius 2 is 0.839 bits per heavy atom. The number of hydrogen-bond acceptors (Lipinski definition) is 0. The average Bonchev–Trinajstić information content (AvgIpc) is 3.34. The first-order valence-corrected chi connectivity index (χ1v) is 21.8. The van der Waals surface area contributed by atoms with Gasteiger partial charge in [0.25, 0.3) is 0 Å². The maximum absolute atomic E-state index is 2.48. The molecule has 0 aliphatic heterocycles. The molecule has 2 atom stereocenters. The molecule has 0 heteroatoms. The van der Waals surface area contributed by atoms with Crippen molar-refractivity contribution >= 4 is 70.2 Å². The van der Waals surface area contributed by atoms with Gasteiger partial charge in [-0.3, -0.25) is 0 Å². The molecule has 2 unspecified atom stereocenters. The van der Waals surface area contributed by atoms with Crippen LogP contribution in [-0.2, 0) is 0 Å². The van der Waals surface area contributed by atoms with E-state index in [-0.39, 0.29) is 0 Å². The maximum Gasteiger partial charge on any atom is 0.00567 e. The molecule has 62 heavy (non-hydrogen) atoms. The minimum atomic E-state index is 0.383. The van der Waals surface area contributed by atoms with Gasteiger partial charge in [-0.2, -0.15) is 0 Å². The standard InChI is InChI=1S/C62H40/c1-3-12-44-34-48(26-22-39(44)10-1)46-16-8-18-51(36-46)60-54-20-5-6-21-55(54)61(52-19-9-17-47(37-52)49-27-23-40-11-2-4-13-45(40)35-49)58-38-50(30-33-57(58)60)53-31-28-43-25-24-41-14-7-15-42-29-32-56(53)62(43)59(41)42/h1-39,44H. The van der Waals surface area contributed by atoms with E-state index < -0.39 is 0 Å². The van der Waals surface area contributed by atoms with Crippen LogP contribution in [0.5, 0.6) is 0 Å². The first-order valence-electron chi connectivity index (χ1n) is 21.8. The topological polar surface area (TPSA) is 0 Å². The van der Waals surface area contributed by atoms with E-state index in [1.165, 1.54) is 120 Å². The van der Waals surface area contributed by atoms with Gasteiger partial charge >= 0.3 is 0 Å². The van der Waals surface area contributed by atoms with Crippen molar-refractivity contribution in [2.24, 2.45) is 11.8 Å². The largest absolute Gasteiger partial charge is 0.0767 e. The van der Waals surface area contributed by atoms with E-state index in [1.54, 1.807) is 0 Å². The molecule has 0 heterocycles. The number of benzene rings is 11. The van der Waals surface area contributed by atoms with E-state index in [1.807, 2.05) is 0 Å². The minimum absolute atomic E-state index is 0.383. The lowest BCUT2D eigenvalue weighted by molar-refractivity contribution is 0.663. The van der Waals surface area contributed by atoms with Crippen molar-refractivity contribution in [2.75, 3.05) is 0 Å². The van der Waals surface area contributed by atoms with E-state index in [0.717, 1.165) is 0 Å². The molecule has 0 radical (unpaired) electrons. The zero-order valence-electron chi connectivity index (χ0n) is 34.1. The van der Waals surface area contributed by atoms with Gasteiger partial charge < -0.3 is 0 Å². The summed E-state index contributed by atoms with van der Waals surface area (Å²) in [5.74, 6) is 0.808. The quantitative estimate of drug-likeness (QED) is 0.120. The van der Waals surface area contributed by atoms with E-state index in [4.69, 9.17) is 0 Å². The van der Waals surface area contributed by atoms with E-state index in [9.17, 15) is 0 Å². The summed E-state index contributed by atoms with van der Waals surface area (Å²) < 4.78 is 0. The van der Waals surface area contributed by atoms with Crippen LogP contribution in [0, 0.1) is 11.8 Å². The Kier molecular flexibility index (Phi) is 7.84. The Balaban J connectivity index is 1.06. The second kappa shape index (κ2) is 13.9. The monoisotopic (exact) mass is 784 g/mol. The third-order valence-electron chi connectivity index (χ3n) is 13.7. The van der Waals surface area contributed by atoms with Crippen molar-refractivity contribution in [2.45, 2.75) is 0 Å². The van der Waals surface area contributed by atoms with E-state index >= 15 is 0 Å². The molecule has 2 aliphatic rings. The predicted molar refractivity (Wildman–Crippen MR) is 267 cm³/mol. The molecule has 0 saturated heterocycles. The van der Waals surface area contributed by atoms with Crippen LogP contribution in [0.3, 0.4) is 0 Å². The second-order valence-corrected chi connectivity index (χ2v) is 17.2. The highest BCUT2D eigenvalue weighted by molar-refractivity contribution is 6.26. The van der Waals surface area contributed by atoms with E-state index in [2.05, 4.69) is 231 Å². The summed E-state index contributed by atoms with van der Waals surface area (Å²) in [5, 5.41) is 15.4. The van der Waals surface area contributed by atoms with Gasteiger partial charge in [0.2, 0.25) is 0 Å². The fraction of sp³-hybridized carbons (Fsp3) is 0.0323. The van der Waals surface area contributed by atoms with Crippen LogP contribution in [0.25, 0.3) is 115 Å². The van der Waals surface area contributed by atoms with E-state index in [0.29, 0.717) is 11.8 Å². The molecule has 13 rings (SSSR count). The fourth-order valence-corrected chi connectivity index (χ4v) is 10.7. The van der Waals surface area contributed by atoms with Gasteiger partial charge in [-0.1, -0.05) is 206 Å². The Hall–Kier alpha value is -7.80. The summed E-state index contributed by atoms with van der Waals surface area (Å²) in [6.07, 6.45) is 16.1. The van der Waals surface area contributed by atoms with Crippen molar-refractivity contribution in [1.29, 1.82) is 0 Å². The molecule has 2 aliphatic carbocycles. The molecule has 11 aromatic carbocycles. The van der Waals surface area contributed by atoms with Crippen molar-refractivity contribution in [3.63, 3.8) is 0 Å². The summed E-state index contributed by atoms with van der Waals surface area (Å²) in [7, 11) is 0. The molecular formula is C62H40. The molecule has 288 valence electrons. The number of rotatable bonds is 5. The van der Waals surface area contributed by atoms with Crippen molar-refractivity contribution < 1.29 is 0 Å². The fourth-order valence-electron chi connectivity index (χ4n) is 10.7. The average molecular weight is 785 g/mol. The molecule has 0 nitrogen and oxygen atoms in total. The van der Waals surface area contributed by atoms with Crippen LogP contribution in [-0.4, -0.2) is 0 Å². The maximum atomic E-state index is 2.48. The van der Waals surface area contributed by atoms with Gasteiger partial charge in [-0.25, -0.2) is 0 Å². The van der Waals surface area contributed by atoms with Gasteiger partial charge in [0.15, 0.2) is 0 Å². The Labute approximate surface area is 361 Å². The van der Waals surface area contributed by atoms with Crippen LogP contribution < -0.4 is 0 Å². The van der Waals surface area contributed by atoms with Crippen LogP contribution in [0.4, 0.5) is 0 Å². The zero-order valence-corrected chi connectivity index (χ0v) is 34.1. The number of allylic oxidation sites excluding steroid dienone is 8. The molecule has 0 aromatic heterocycles. The zero-order chi connectivity index (χ0) is 40.7. The first-order chi connectivity index (χ1) is 30.7. The summed E-state index contributed by atoms with van der Waals surface area (Å²) in [4.78, 5) is 0. The Morgan fingerprint density at radius 3 is 1.66 bits per heavy atom. The summed E-state index contributed by atoms with van der Waals surface area (Å²) >= 11 is 0. The Bertz CT molecular complexity index is 3740. The van der Waals surface area contributed by atoms with Crippen LogP contribution >= 0.6 is 0 Å². The lowest BCUT2D eigenvalue weighted by Gasteiger charge is -2.23. The van der Waals surface area contributed by atoms with Crippen LogP contribution in [0.1, 0.15) is 5.56 Å². The van der Waals surface area contributed by atoms with Crippen LogP contribution in [0.15, 0.2) is 231 Å². The Morgan fingerprint density at radius 1 is 0.290 bits per heavy atom. The van der Waals surface area contributed by atoms with Gasteiger partial charge in [-0.15, -0.1) is 0 Å². The normalized spacial score (nSPS) is 16.0. The summed E-state index contributed by atoms with van der Waals surface area (Å²) in [6.45, 7) is 0. The number of hydrogen-bond donors (Lipinski definition) is 0. The third-order valence-corrected chi connectivity index (χ3v) is 13.7. The predicted octanol–water partition coefficient (Wildman–Crippen LogP) is 17.0. The first kappa shape index (κ1) is 35.0. The van der Waals surface area contributed by atoms with Gasteiger partial charge in [0, 0.05) is 11.8 Å². The molecule has 0 amide bonds. The highest BCUT2D eigenvalue weighted by Crippen LogP contribution is 2.47. The smallest absolute Gasteiger partial charge is 0.00567 e. The molecular weight excluding hydrogens is 745 g/mol. The lowest BCUT2D eigenvalue weighted by atomic mass is 9.81. The molecule has 11 aromatic rings. The van der Waals surface area contributed by atoms with Crippen molar-refractivity contribution in [3.05, 3.63) is 236 Å². The molecule has 0 spiro atoms. The lowest BCUT2D eigenvalue weighted by Crippen LogP contribution is -2.11. The van der Waals surface area contributed by atoms with Gasteiger partial charge in [0.05, 0.1) is 0 Å². The summed E-state index contributed by atoms with van der Waals surface area (Å²) in [6, 6.07) is 70.7. The SMILES string of the molecule is C1=CC2C=CC(c3cccc(-c4c5ccccc5c(-c5cccc(-c6ccc7ccccc7c6)c5)c5cc(-c6ccc7ccc8cccc9ccc6c7c89)ccc45)c3)=CC2C=C1. The van der Waals surface area contributed by atoms with Gasteiger partial charge in [0.1, 0.15) is 0 Å². The highest BCUT2D eigenvalue weighted by atomic mass is 14.3. The minimum Gasteiger partial charge on any atom is -0.0767 e. The molecule has 0 saturated carbocycles. The summed E-state index contributed by atoms with van der Waals surface area (Å²) in [5.41, 5.74) is 12.4. The molecule has 0 bridgehead atoms. The van der Waals surface area contributed by atoms with Crippen molar-refractivity contribution in [1.82, 2.24) is 0 Å². The van der Waals surface area contributed by atoms with Gasteiger partial charge in [-0.05, 0) is 145 Å². The van der Waals surface area contributed by atoms with Crippen molar-refractivity contribution in [3.8, 4) is 44.5 Å². The third kappa shape index (κ3) is 5.54.